The second-order valence-corrected chi connectivity index (χ2v) is 6.67. The van der Waals surface area contributed by atoms with E-state index in [0.717, 1.165) is 5.56 Å². The quantitative estimate of drug-likeness (QED) is 0.599. The molecule has 0 unspecified atom stereocenters. The number of rotatable bonds is 5. The fourth-order valence-electron chi connectivity index (χ4n) is 3.20. The van der Waals surface area contributed by atoms with Crippen LogP contribution in [0.5, 0.6) is 5.75 Å². The summed E-state index contributed by atoms with van der Waals surface area (Å²) in [5.41, 5.74) is 2.88. The SMILES string of the molecule is COc1ccc(C(C)=O)cc1CN1C(=O)[C@H](C)N(c2ccc(C)cc2)C1=O. The highest BCUT2D eigenvalue weighted by molar-refractivity contribution is 6.14. The third-order valence-electron chi connectivity index (χ3n) is 4.78. The largest absolute Gasteiger partial charge is 0.496 e. The zero-order valence-electron chi connectivity index (χ0n) is 15.9. The zero-order chi connectivity index (χ0) is 19.7. The molecule has 1 fully saturated rings. The van der Waals surface area contributed by atoms with E-state index in [9.17, 15) is 14.4 Å². The van der Waals surface area contributed by atoms with Gasteiger partial charge in [0.1, 0.15) is 11.8 Å². The number of urea groups is 1. The van der Waals surface area contributed by atoms with E-state index in [1.54, 1.807) is 25.1 Å². The van der Waals surface area contributed by atoms with Crippen molar-refractivity contribution in [1.82, 2.24) is 4.90 Å². The van der Waals surface area contributed by atoms with E-state index in [1.807, 2.05) is 31.2 Å². The first kappa shape index (κ1) is 18.6. The Balaban J connectivity index is 1.93. The van der Waals surface area contributed by atoms with E-state index in [-0.39, 0.29) is 24.3 Å². The molecule has 0 radical (unpaired) electrons. The average molecular weight is 366 g/mol. The van der Waals surface area contributed by atoms with Gasteiger partial charge in [0.2, 0.25) is 0 Å². The lowest BCUT2D eigenvalue weighted by Crippen LogP contribution is -2.33. The Morgan fingerprint density at radius 3 is 2.37 bits per heavy atom. The number of ether oxygens (including phenoxy) is 1. The van der Waals surface area contributed by atoms with Crippen LogP contribution in [0.25, 0.3) is 0 Å². The van der Waals surface area contributed by atoms with Crippen molar-refractivity contribution in [3.8, 4) is 5.75 Å². The number of hydrogen-bond donors (Lipinski definition) is 0. The number of methoxy groups -OCH3 is 1. The maximum absolute atomic E-state index is 13.0. The number of anilines is 1. The van der Waals surface area contributed by atoms with Gasteiger partial charge < -0.3 is 4.74 Å². The maximum atomic E-state index is 13.0. The summed E-state index contributed by atoms with van der Waals surface area (Å²) in [5, 5.41) is 0. The highest BCUT2D eigenvalue weighted by Gasteiger charge is 2.43. The summed E-state index contributed by atoms with van der Waals surface area (Å²) in [6, 6.07) is 11.5. The van der Waals surface area contributed by atoms with E-state index in [0.29, 0.717) is 22.6 Å². The van der Waals surface area contributed by atoms with E-state index in [1.165, 1.54) is 23.8 Å². The number of carbonyl (C=O) groups is 3. The minimum Gasteiger partial charge on any atom is -0.496 e. The van der Waals surface area contributed by atoms with E-state index in [4.69, 9.17) is 4.74 Å². The van der Waals surface area contributed by atoms with Gasteiger partial charge in [-0.05, 0) is 51.1 Å². The van der Waals surface area contributed by atoms with Gasteiger partial charge in [0.15, 0.2) is 5.78 Å². The molecule has 0 bridgehead atoms. The molecule has 0 spiro atoms. The van der Waals surface area contributed by atoms with Crippen LogP contribution in [0, 0.1) is 6.92 Å². The van der Waals surface area contributed by atoms with Gasteiger partial charge in [0, 0.05) is 16.8 Å². The monoisotopic (exact) mass is 366 g/mol. The summed E-state index contributed by atoms with van der Waals surface area (Å²) in [6.07, 6.45) is 0. The predicted molar refractivity (Wildman–Crippen MR) is 102 cm³/mol. The molecular formula is C21H22N2O4. The number of ketones is 1. The van der Waals surface area contributed by atoms with E-state index in [2.05, 4.69) is 0 Å². The van der Waals surface area contributed by atoms with Gasteiger partial charge in [-0.15, -0.1) is 0 Å². The number of carbonyl (C=O) groups excluding carboxylic acids is 3. The van der Waals surface area contributed by atoms with Crippen molar-refractivity contribution in [3.05, 3.63) is 59.2 Å². The molecule has 1 aliphatic rings. The number of nitrogens with zero attached hydrogens (tertiary/aromatic N) is 2. The Kier molecular flexibility index (Phi) is 4.99. The predicted octanol–water partition coefficient (Wildman–Crippen LogP) is 3.56. The molecule has 6 heteroatoms. The third-order valence-corrected chi connectivity index (χ3v) is 4.78. The lowest BCUT2D eigenvalue weighted by molar-refractivity contribution is -0.127. The molecule has 3 amide bonds. The Bertz CT molecular complexity index is 905. The molecule has 140 valence electrons. The van der Waals surface area contributed by atoms with Crippen LogP contribution in [0.3, 0.4) is 0 Å². The van der Waals surface area contributed by atoms with Gasteiger partial charge in [0.25, 0.3) is 5.91 Å². The lowest BCUT2D eigenvalue weighted by atomic mass is 10.1. The second-order valence-electron chi connectivity index (χ2n) is 6.67. The summed E-state index contributed by atoms with van der Waals surface area (Å²) in [7, 11) is 1.52. The summed E-state index contributed by atoms with van der Waals surface area (Å²) < 4.78 is 5.34. The Labute approximate surface area is 158 Å². The molecule has 1 aliphatic heterocycles. The highest BCUT2D eigenvalue weighted by atomic mass is 16.5. The van der Waals surface area contributed by atoms with Crippen molar-refractivity contribution in [2.24, 2.45) is 0 Å². The zero-order valence-corrected chi connectivity index (χ0v) is 15.9. The van der Waals surface area contributed by atoms with Crippen molar-refractivity contribution in [2.75, 3.05) is 12.0 Å². The van der Waals surface area contributed by atoms with Gasteiger partial charge in [-0.3, -0.25) is 19.4 Å². The number of aryl methyl sites for hydroxylation is 1. The van der Waals surface area contributed by atoms with Crippen LogP contribution in [0.1, 0.15) is 35.3 Å². The van der Waals surface area contributed by atoms with Crippen LogP contribution >= 0.6 is 0 Å². The number of hydrogen-bond acceptors (Lipinski definition) is 4. The van der Waals surface area contributed by atoms with Crippen LogP contribution in [-0.2, 0) is 11.3 Å². The maximum Gasteiger partial charge on any atom is 0.332 e. The Hall–Kier alpha value is -3.15. The minimum absolute atomic E-state index is 0.0503. The van der Waals surface area contributed by atoms with Crippen LogP contribution in [0.4, 0.5) is 10.5 Å². The molecule has 0 aliphatic carbocycles. The topological polar surface area (TPSA) is 66.9 Å². The molecular weight excluding hydrogens is 344 g/mol. The van der Waals surface area contributed by atoms with Gasteiger partial charge in [-0.1, -0.05) is 17.7 Å². The first-order chi connectivity index (χ1) is 12.8. The number of imide groups is 1. The molecule has 0 aromatic heterocycles. The molecule has 27 heavy (non-hydrogen) atoms. The smallest absolute Gasteiger partial charge is 0.332 e. The highest BCUT2D eigenvalue weighted by Crippen LogP contribution is 2.29. The van der Waals surface area contributed by atoms with Crippen molar-refractivity contribution >= 4 is 23.4 Å². The van der Waals surface area contributed by atoms with Crippen LogP contribution in [0.15, 0.2) is 42.5 Å². The second kappa shape index (κ2) is 7.23. The molecule has 1 heterocycles. The number of amides is 3. The van der Waals surface area contributed by atoms with Crippen LogP contribution in [-0.4, -0.2) is 35.8 Å². The van der Waals surface area contributed by atoms with Crippen LogP contribution < -0.4 is 9.64 Å². The standard InChI is InChI=1S/C21H22N2O4/c1-13-5-8-18(9-6-13)23-14(2)20(25)22(21(23)26)12-17-11-16(15(3)24)7-10-19(17)27-4/h5-11,14H,12H2,1-4H3/t14-/m0/s1. The normalized spacial score (nSPS) is 16.8. The van der Waals surface area contributed by atoms with Crippen molar-refractivity contribution in [1.29, 1.82) is 0 Å². The Morgan fingerprint density at radius 1 is 1.11 bits per heavy atom. The summed E-state index contributed by atoms with van der Waals surface area (Å²) >= 11 is 0. The van der Waals surface area contributed by atoms with Gasteiger partial charge in [-0.2, -0.15) is 0 Å². The van der Waals surface area contributed by atoms with Gasteiger partial charge in [-0.25, -0.2) is 4.79 Å². The molecule has 1 atom stereocenters. The summed E-state index contributed by atoms with van der Waals surface area (Å²) in [6.45, 7) is 5.20. The molecule has 0 saturated carbocycles. The van der Waals surface area contributed by atoms with Crippen LogP contribution in [0.2, 0.25) is 0 Å². The number of Topliss-reactive ketones (excluding diaryl/α,β-unsaturated/α-hetero) is 1. The summed E-state index contributed by atoms with van der Waals surface area (Å²) in [5.74, 6) is 0.158. The molecule has 2 aromatic rings. The average Bonchev–Trinajstić information content (AvgIpc) is 2.86. The minimum atomic E-state index is -0.595. The molecule has 2 aromatic carbocycles. The Morgan fingerprint density at radius 2 is 1.78 bits per heavy atom. The molecule has 0 N–H and O–H groups in total. The van der Waals surface area contributed by atoms with E-state index < -0.39 is 6.04 Å². The molecule has 1 saturated heterocycles. The summed E-state index contributed by atoms with van der Waals surface area (Å²) in [4.78, 5) is 40.1. The van der Waals surface area contributed by atoms with Gasteiger partial charge in [0.05, 0.1) is 13.7 Å². The van der Waals surface area contributed by atoms with Crippen molar-refractivity contribution < 1.29 is 19.1 Å². The molecule has 6 nitrogen and oxygen atoms in total. The van der Waals surface area contributed by atoms with Crippen molar-refractivity contribution in [3.63, 3.8) is 0 Å². The lowest BCUT2D eigenvalue weighted by Gasteiger charge is -2.20. The fourth-order valence-corrected chi connectivity index (χ4v) is 3.20. The van der Waals surface area contributed by atoms with E-state index >= 15 is 0 Å². The number of benzene rings is 2. The fraction of sp³-hybridized carbons (Fsp3) is 0.286. The van der Waals surface area contributed by atoms with Crippen molar-refractivity contribution in [2.45, 2.75) is 33.4 Å². The third kappa shape index (κ3) is 3.43. The first-order valence-electron chi connectivity index (χ1n) is 8.72. The molecule has 3 rings (SSSR count). The van der Waals surface area contributed by atoms with Gasteiger partial charge >= 0.3 is 6.03 Å². The first-order valence-corrected chi connectivity index (χ1v) is 8.72.